The molecule has 2 aromatic carbocycles. The van der Waals surface area contributed by atoms with E-state index < -0.39 is 0 Å². The Hall–Kier alpha value is -2.28. The molecular weight excluding hydrogens is 410 g/mol. The number of rotatable bonds is 6. The van der Waals surface area contributed by atoms with Crippen molar-refractivity contribution in [1.29, 1.82) is 0 Å². The molecule has 2 heterocycles. The molecule has 1 amide bonds. The molecule has 1 aliphatic rings. The van der Waals surface area contributed by atoms with Crippen LogP contribution in [0, 0.1) is 6.92 Å². The lowest BCUT2D eigenvalue weighted by Gasteiger charge is -2.26. The first-order chi connectivity index (χ1) is 14.7. The van der Waals surface area contributed by atoms with Crippen LogP contribution in [0.25, 0.3) is 0 Å². The summed E-state index contributed by atoms with van der Waals surface area (Å²) in [6, 6.07) is 19.8. The largest absolute Gasteiger partial charge is 0.322 e. The Labute approximate surface area is 186 Å². The van der Waals surface area contributed by atoms with Crippen molar-refractivity contribution in [2.24, 2.45) is 0 Å². The molecule has 1 aliphatic heterocycles. The molecule has 0 bridgehead atoms. The molecule has 0 aliphatic carbocycles. The molecule has 0 saturated carbocycles. The van der Waals surface area contributed by atoms with Gasteiger partial charge >= 0.3 is 0 Å². The molecule has 0 atom stereocenters. The third-order valence-electron chi connectivity index (χ3n) is 5.03. The van der Waals surface area contributed by atoms with Gasteiger partial charge in [-0.2, -0.15) is 11.8 Å². The van der Waals surface area contributed by atoms with E-state index in [0.717, 1.165) is 40.8 Å². The molecule has 0 unspecified atom stereocenters. The first-order valence-electron chi connectivity index (χ1n) is 10.1. The fraction of sp³-hybridized carbons (Fsp3) is 0.250. The average molecular weight is 436 g/mol. The van der Waals surface area contributed by atoms with E-state index >= 15 is 0 Å². The SMILES string of the molecule is Cc1cc(CN2CCSCC2)ccc1NC(=O)c1ccc(Sc2ccccn2)cc1. The van der Waals surface area contributed by atoms with Crippen LogP contribution < -0.4 is 5.32 Å². The van der Waals surface area contributed by atoms with Crippen molar-refractivity contribution in [2.75, 3.05) is 29.9 Å². The minimum atomic E-state index is -0.0895. The van der Waals surface area contributed by atoms with Gasteiger partial charge in [-0.1, -0.05) is 30.0 Å². The Morgan fingerprint density at radius 2 is 1.90 bits per heavy atom. The zero-order chi connectivity index (χ0) is 20.8. The maximum Gasteiger partial charge on any atom is 0.255 e. The topological polar surface area (TPSA) is 45.2 Å². The number of pyridine rings is 1. The zero-order valence-corrected chi connectivity index (χ0v) is 18.6. The summed E-state index contributed by atoms with van der Waals surface area (Å²) in [5.41, 5.74) is 3.91. The average Bonchev–Trinajstić information content (AvgIpc) is 2.77. The maximum absolute atomic E-state index is 12.7. The standard InChI is InChI=1S/C24H25N3OS2/c1-18-16-19(17-27-12-14-29-15-13-27)5-10-22(18)26-24(28)20-6-8-21(9-7-20)30-23-4-2-3-11-25-23/h2-11,16H,12-15,17H2,1H3,(H,26,28). The monoisotopic (exact) mass is 435 g/mol. The van der Waals surface area contributed by atoms with E-state index in [4.69, 9.17) is 0 Å². The predicted molar refractivity (Wildman–Crippen MR) is 127 cm³/mol. The van der Waals surface area contributed by atoms with Crippen LogP contribution in [0.2, 0.25) is 0 Å². The van der Waals surface area contributed by atoms with Crippen molar-refractivity contribution in [2.45, 2.75) is 23.4 Å². The minimum Gasteiger partial charge on any atom is -0.322 e. The van der Waals surface area contributed by atoms with Crippen LogP contribution in [0.5, 0.6) is 0 Å². The summed E-state index contributed by atoms with van der Waals surface area (Å²) in [4.78, 5) is 20.6. The second-order valence-corrected chi connectivity index (χ2v) is 9.60. The molecule has 1 saturated heterocycles. The zero-order valence-electron chi connectivity index (χ0n) is 17.0. The number of hydrogen-bond donors (Lipinski definition) is 1. The first-order valence-corrected chi connectivity index (χ1v) is 12.0. The number of aromatic nitrogens is 1. The van der Waals surface area contributed by atoms with E-state index in [-0.39, 0.29) is 5.91 Å². The summed E-state index contributed by atoms with van der Waals surface area (Å²) in [5.74, 6) is 2.34. The molecule has 6 heteroatoms. The lowest BCUT2D eigenvalue weighted by Crippen LogP contribution is -2.31. The number of nitrogens with zero attached hydrogens (tertiary/aromatic N) is 2. The molecular formula is C24H25N3OS2. The summed E-state index contributed by atoms with van der Waals surface area (Å²) in [5, 5.41) is 3.99. The summed E-state index contributed by atoms with van der Waals surface area (Å²) < 4.78 is 0. The Morgan fingerprint density at radius 3 is 2.60 bits per heavy atom. The first kappa shape index (κ1) is 21.0. The summed E-state index contributed by atoms with van der Waals surface area (Å²) >= 11 is 3.61. The molecule has 0 radical (unpaired) electrons. The number of carbonyl (C=O) groups is 1. The van der Waals surface area contributed by atoms with Crippen molar-refractivity contribution in [1.82, 2.24) is 9.88 Å². The minimum absolute atomic E-state index is 0.0895. The van der Waals surface area contributed by atoms with Crippen molar-refractivity contribution in [3.05, 3.63) is 83.6 Å². The Bertz CT molecular complexity index is 987. The van der Waals surface area contributed by atoms with Crippen molar-refractivity contribution >= 4 is 35.1 Å². The number of amides is 1. The number of benzene rings is 2. The van der Waals surface area contributed by atoms with Gasteiger partial charge in [0.05, 0.1) is 0 Å². The fourth-order valence-electron chi connectivity index (χ4n) is 3.38. The van der Waals surface area contributed by atoms with Gasteiger partial charge in [0, 0.05) is 53.5 Å². The Kier molecular flexibility index (Phi) is 7.10. The quantitative estimate of drug-likeness (QED) is 0.566. The third-order valence-corrected chi connectivity index (χ3v) is 6.93. The number of nitrogens with one attached hydrogen (secondary N) is 1. The van der Waals surface area contributed by atoms with Crippen LogP contribution in [0.4, 0.5) is 5.69 Å². The highest BCUT2D eigenvalue weighted by Gasteiger charge is 2.12. The van der Waals surface area contributed by atoms with Gasteiger partial charge in [-0.05, 0) is 60.5 Å². The van der Waals surface area contributed by atoms with E-state index in [2.05, 4.69) is 34.3 Å². The highest BCUT2D eigenvalue weighted by atomic mass is 32.2. The summed E-state index contributed by atoms with van der Waals surface area (Å²) in [6.45, 7) is 5.33. The predicted octanol–water partition coefficient (Wildman–Crippen LogP) is 5.34. The highest BCUT2D eigenvalue weighted by Crippen LogP contribution is 2.26. The highest BCUT2D eigenvalue weighted by molar-refractivity contribution is 7.99. The van der Waals surface area contributed by atoms with Gasteiger partial charge in [0.25, 0.3) is 5.91 Å². The van der Waals surface area contributed by atoms with Gasteiger partial charge in [-0.15, -0.1) is 0 Å². The molecule has 4 nitrogen and oxygen atoms in total. The number of aryl methyl sites for hydroxylation is 1. The number of hydrogen-bond acceptors (Lipinski definition) is 5. The van der Waals surface area contributed by atoms with Gasteiger partial charge in [-0.25, -0.2) is 4.98 Å². The number of anilines is 1. The van der Waals surface area contributed by atoms with Crippen molar-refractivity contribution in [3.8, 4) is 0 Å². The summed E-state index contributed by atoms with van der Waals surface area (Å²) in [7, 11) is 0. The molecule has 3 aromatic rings. The molecule has 1 aromatic heterocycles. The van der Waals surface area contributed by atoms with Crippen LogP contribution in [-0.2, 0) is 6.54 Å². The molecule has 1 N–H and O–H groups in total. The lowest BCUT2D eigenvalue weighted by molar-refractivity contribution is 0.102. The van der Waals surface area contributed by atoms with Crippen molar-refractivity contribution in [3.63, 3.8) is 0 Å². The van der Waals surface area contributed by atoms with Gasteiger partial charge in [0.1, 0.15) is 5.03 Å². The van der Waals surface area contributed by atoms with Crippen LogP contribution >= 0.6 is 23.5 Å². The number of carbonyl (C=O) groups excluding carboxylic acids is 1. The van der Waals surface area contributed by atoms with E-state index in [1.165, 1.54) is 17.1 Å². The lowest BCUT2D eigenvalue weighted by atomic mass is 10.1. The van der Waals surface area contributed by atoms with Crippen LogP contribution in [0.1, 0.15) is 21.5 Å². The smallest absolute Gasteiger partial charge is 0.255 e. The van der Waals surface area contributed by atoms with E-state index in [0.29, 0.717) is 5.56 Å². The van der Waals surface area contributed by atoms with E-state index in [1.54, 1.807) is 18.0 Å². The normalized spacial score (nSPS) is 14.4. The van der Waals surface area contributed by atoms with Crippen LogP contribution in [0.3, 0.4) is 0 Å². The van der Waals surface area contributed by atoms with E-state index in [1.807, 2.05) is 60.3 Å². The molecule has 4 rings (SSSR count). The third kappa shape index (κ3) is 5.65. The van der Waals surface area contributed by atoms with Gasteiger partial charge in [0.2, 0.25) is 0 Å². The van der Waals surface area contributed by atoms with Gasteiger partial charge in [0.15, 0.2) is 0 Å². The second kappa shape index (κ2) is 10.2. The second-order valence-electron chi connectivity index (χ2n) is 7.29. The Morgan fingerprint density at radius 1 is 1.10 bits per heavy atom. The maximum atomic E-state index is 12.7. The van der Waals surface area contributed by atoms with Crippen molar-refractivity contribution < 1.29 is 4.79 Å². The Balaban J connectivity index is 1.37. The molecule has 1 fully saturated rings. The fourth-order valence-corrected chi connectivity index (χ4v) is 5.13. The van der Waals surface area contributed by atoms with Crippen LogP contribution in [-0.4, -0.2) is 40.4 Å². The summed E-state index contributed by atoms with van der Waals surface area (Å²) in [6.07, 6.45) is 1.78. The number of thioether (sulfide) groups is 1. The molecule has 154 valence electrons. The molecule has 0 spiro atoms. The van der Waals surface area contributed by atoms with E-state index in [9.17, 15) is 4.79 Å². The van der Waals surface area contributed by atoms with Gasteiger partial charge in [-0.3, -0.25) is 9.69 Å². The molecule has 30 heavy (non-hydrogen) atoms. The van der Waals surface area contributed by atoms with Gasteiger partial charge < -0.3 is 5.32 Å². The van der Waals surface area contributed by atoms with Crippen LogP contribution in [0.15, 0.2) is 76.8 Å².